The van der Waals surface area contributed by atoms with Crippen LogP contribution >= 0.6 is 11.8 Å². The van der Waals surface area contributed by atoms with Gasteiger partial charge in [-0.05, 0) is 24.6 Å². The van der Waals surface area contributed by atoms with Crippen LogP contribution in [0, 0.1) is 15.9 Å². The zero-order chi connectivity index (χ0) is 16.4. The molecule has 0 radical (unpaired) electrons. The van der Waals surface area contributed by atoms with E-state index in [2.05, 4.69) is 0 Å². The number of carbonyl (C=O) groups excluding carboxylic acids is 1. The zero-order valence-corrected chi connectivity index (χ0v) is 12.9. The summed E-state index contributed by atoms with van der Waals surface area (Å²) in [5.74, 6) is -0.642. The molecule has 1 amide bonds. The number of likely N-dealkylation sites (tertiary alicyclic amines) is 1. The molecule has 0 aromatic heterocycles. The maximum Gasteiger partial charge on any atom is 0.270 e. The molecule has 1 aliphatic rings. The van der Waals surface area contributed by atoms with Crippen LogP contribution in [0.1, 0.15) is 16.8 Å². The molecule has 118 valence electrons. The van der Waals surface area contributed by atoms with E-state index < -0.39 is 10.7 Å². The van der Waals surface area contributed by atoms with Crippen LogP contribution < -0.4 is 0 Å². The number of hydrogen-bond donors (Lipinski definition) is 0. The number of amides is 1. The Morgan fingerprint density at radius 2 is 1.91 bits per heavy atom. The van der Waals surface area contributed by atoms with Crippen molar-refractivity contribution in [3.63, 3.8) is 0 Å². The lowest BCUT2D eigenvalue weighted by molar-refractivity contribution is -0.384. The van der Waals surface area contributed by atoms with Crippen molar-refractivity contribution >= 4 is 23.4 Å². The van der Waals surface area contributed by atoms with E-state index in [-0.39, 0.29) is 17.2 Å². The van der Waals surface area contributed by atoms with E-state index in [4.69, 9.17) is 0 Å². The topological polar surface area (TPSA) is 63.4 Å². The van der Waals surface area contributed by atoms with Crippen LogP contribution in [0.5, 0.6) is 0 Å². The van der Waals surface area contributed by atoms with E-state index in [1.807, 2.05) is 0 Å². The van der Waals surface area contributed by atoms with Gasteiger partial charge in [0.05, 0.1) is 10.5 Å². The van der Waals surface area contributed by atoms with Gasteiger partial charge in [0.25, 0.3) is 11.6 Å². The average molecular weight is 332 g/mol. The smallest absolute Gasteiger partial charge is 0.270 e. The van der Waals surface area contributed by atoms with E-state index >= 15 is 0 Å². The molecule has 2 aromatic carbocycles. The first kappa shape index (κ1) is 15.5. The first-order valence-corrected chi connectivity index (χ1v) is 7.88. The Balaban J connectivity index is 1.99. The summed E-state index contributed by atoms with van der Waals surface area (Å²) in [6.45, 7) is 1.29. The fraction of sp³-hybridized carbons (Fsp3) is 0.188. The van der Waals surface area contributed by atoms with Crippen LogP contribution in [0.2, 0.25) is 0 Å². The van der Waals surface area contributed by atoms with Gasteiger partial charge in [0.15, 0.2) is 0 Å². The molecule has 0 bridgehead atoms. The van der Waals surface area contributed by atoms with Crippen LogP contribution in [-0.2, 0) is 0 Å². The fourth-order valence-electron chi connectivity index (χ4n) is 2.22. The lowest BCUT2D eigenvalue weighted by atomic mass is 10.1. The van der Waals surface area contributed by atoms with E-state index in [0.717, 1.165) is 18.2 Å². The Bertz CT molecular complexity index is 778. The molecule has 1 aliphatic heterocycles. The molecule has 1 heterocycles. The molecule has 0 aliphatic carbocycles. The van der Waals surface area contributed by atoms with Crippen molar-refractivity contribution in [1.29, 1.82) is 0 Å². The highest BCUT2D eigenvalue weighted by Gasteiger charge is 2.26. The van der Waals surface area contributed by atoms with Gasteiger partial charge in [0, 0.05) is 35.0 Å². The summed E-state index contributed by atoms with van der Waals surface area (Å²) in [6.07, 6.45) is 0.927. The van der Waals surface area contributed by atoms with E-state index in [0.29, 0.717) is 22.9 Å². The molecule has 0 saturated carbocycles. The molecule has 1 fully saturated rings. The van der Waals surface area contributed by atoms with Crippen molar-refractivity contribution in [1.82, 2.24) is 4.90 Å². The maximum absolute atomic E-state index is 13.8. The first-order valence-electron chi connectivity index (χ1n) is 7.06. The van der Waals surface area contributed by atoms with Crippen molar-refractivity contribution in [2.45, 2.75) is 16.2 Å². The molecule has 7 heteroatoms. The predicted molar refractivity (Wildman–Crippen MR) is 84.1 cm³/mol. The fourth-order valence-corrected chi connectivity index (χ4v) is 3.16. The number of hydrogen-bond acceptors (Lipinski definition) is 4. The van der Waals surface area contributed by atoms with Gasteiger partial charge in [0.1, 0.15) is 5.82 Å². The molecule has 0 spiro atoms. The largest absolute Gasteiger partial charge is 0.338 e. The van der Waals surface area contributed by atoms with Gasteiger partial charge in [-0.25, -0.2) is 4.39 Å². The summed E-state index contributed by atoms with van der Waals surface area (Å²) in [7, 11) is 0. The number of halogens is 1. The van der Waals surface area contributed by atoms with Crippen molar-refractivity contribution in [3.8, 4) is 0 Å². The minimum Gasteiger partial charge on any atom is -0.338 e. The van der Waals surface area contributed by atoms with Gasteiger partial charge in [0.2, 0.25) is 0 Å². The van der Waals surface area contributed by atoms with Gasteiger partial charge < -0.3 is 4.90 Å². The second-order valence-electron chi connectivity index (χ2n) is 5.12. The minimum atomic E-state index is -0.537. The van der Waals surface area contributed by atoms with Crippen molar-refractivity contribution in [2.75, 3.05) is 13.1 Å². The van der Waals surface area contributed by atoms with Crippen LogP contribution in [-0.4, -0.2) is 28.8 Å². The van der Waals surface area contributed by atoms with Crippen molar-refractivity contribution in [2.24, 2.45) is 0 Å². The first-order chi connectivity index (χ1) is 11.1. The molecule has 0 atom stereocenters. The minimum absolute atomic E-state index is 0.147. The molecule has 0 N–H and O–H groups in total. The Kier molecular flexibility index (Phi) is 4.29. The van der Waals surface area contributed by atoms with Crippen molar-refractivity contribution < 1.29 is 14.1 Å². The molecular formula is C16H13FN2O3S. The Labute approximate surface area is 136 Å². The number of carbonyl (C=O) groups is 1. The highest BCUT2D eigenvalue weighted by Crippen LogP contribution is 2.35. The van der Waals surface area contributed by atoms with Gasteiger partial charge in [-0.2, -0.15) is 0 Å². The normalized spacial score (nSPS) is 13.5. The van der Waals surface area contributed by atoms with E-state index in [1.54, 1.807) is 23.1 Å². The van der Waals surface area contributed by atoms with E-state index in [9.17, 15) is 19.3 Å². The highest BCUT2D eigenvalue weighted by atomic mass is 32.2. The summed E-state index contributed by atoms with van der Waals surface area (Å²) in [5, 5.41) is 11.0. The second kappa shape index (κ2) is 6.37. The predicted octanol–water partition coefficient (Wildman–Crippen LogP) is 3.73. The van der Waals surface area contributed by atoms with Gasteiger partial charge in [-0.3, -0.25) is 14.9 Å². The van der Waals surface area contributed by atoms with E-state index in [1.165, 1.54) is 24.3 Å². The molecule has 1 saturated heterocycles. The summed E-state index contributed by atoms with van der Waals surface area (Å²) < 4.78 is 13.8. The Morgan fingerprint density at radius 1 is 1.17 bits per heavy atom. The van der Waals surface area contributed by atoms with Gasteiger partial charge in [-0.1, -0.05) is 23.9 Å². The molecule has 23 heavy (non-hydrogen) atoms. The Morgan fingerprint density at radius 3 is 2.52 bits per heavy atom. The zero-order valence-electron chi connectivity index (χ0n) is 12.1. The highest BCUT2D eigenvalue weighted by molar-refractivity contribution is 7.99. The third kappa shape index (κ3) is 3.19. The summed E-state index contributed by atoms with van der Waals surface area (Å²) >= 11 is 1.10. The monoisotopic (exact) mass is 332 g/mol. The molecule has 2 aromatic rings. The maximum atomic E-state index is 13.8. The number of non-ortho nitro benzene ring substituents is 1. The number of rotatable bonds is 4. The molecule has 5 nitrogen and oxygen atoms in total. The summed E-state index contributed by atoms with van der Waals surface area (Å²) in [6, 6.07) is 10.3. The number of benzene rings is 2. The summed E-state index contributed by atoms with van der Waals surface area (Å²) in [5.41, 5.74) is 0.0962. The van der Waals surface area contributed by atoms with Crippen LogP contribution in [0.4, 0.5) is 10.1 Å². The van der Waals surface area contributed by atoms with Crippen molar-refractivity contribution in [3.05, 3.63) is 64.0 Å². The lowest BCUT2D eigenvalue weighted by Crippen LogP contribution is -2.42. The standard InChI is InChI=1S/C16H13FN2O3S/c17-13-4-1-2-5-15(13)23-14-7-6-11(19(21)22)10-12(14)16(20)18-8-3-9-18/h1-2,4-7,10H,3,8-9H2. The second-order valence-corrected chi connectivity index (χ2v) is 6.20. The van der Waals surface area contributed by atoms with Gasteiger partial charge in [-0.15, -0.1) is 0 Å². The van der Waals surface area contributed by atoms with Gasteiger partial charge >= 0.3 is 0 Å². The number of nitro benzene ring substituents is 1. The third-order valence-electron chi connectivity index (χ3n) is 3.60. The van der Waals surface area contributed by atoms with Crippen LogP contribution in [0.3, 0.4) is 0 Å². The molecule has 3 rings (SSSR count). The van der Waals surface area contributed by atoms with Crippen LogP contribution in [0.25, 0.3) is 0 Å². The Hall–Kier alpha value is -2.41. The SMILES string of the molecule is O=C(c1cc([N+](=O)[O-])ccc1Sc1ccccc1F)N1CCC1. The van der Waals surface area contributed by atoms with Crippen LogP contribution in [0.15, 0.2) is 52.3 Å². The quantitative estimate of drug-likeness (QED) is 0.632. The number of nitrogens with zero attached hydrogens (tertiary/aromatic N) is 2. The molecular weight excluding hydrogens is 319 g/mol. The third-order valence-corrected chi connectivity index (χ3v) is 4.73. The average Bonchev–Trinajstić information content (AvgIpc) is 2.48. The number of nitro groups is 1. The summed E-state index contributed by atoms with van der Waals surface area (Å²) in [4.78, 5) is 25.4. The lowest BCUT2D eigenvalue weighted by Gasteiger charge is -2.31. The molecule has 0 unspecified atom stereocenters.